The number of hydrogen-bond acceptors (Lipinski definition) is 7. The summed E-state index contributed by atoms with van der Waals surface area (Å²) in [6.45, 7) is 0. The Morgan fingerprint density at radius 2 is 1.96 bits per heavy atom. The van der Waals surface area contributed by atoms with Crippen LogP contribution in [0.25, 0.3) is 11.3 Å². The lowest BCUT2D eigenvalue weighted by atomic mass is 10.1. The van der Waals surface area contributed by atoms with Crippen molar-refractivity contribution in [3.63, 3.8) is 0 Å². The first-order valence-electron chi connectivity index (χ1n) is 8.15. The van der Waals surface area contributed by atoms with Gasteiger partial charge >= 0.3 is 0 Å². The molecule has 3 aromatic rings. The predicted octanol–water partition coefficient (Wildman–Crippen LogP) is 2.27. The molecule has 0 bridgehead atoms. The van der Waals surface area contributed by atoms with Crippen molar-refractivity contribution in [3.8, 4) is 34.3 Å². The van der Waals surface area contributed by atoms with E-state index in [9.17, 15) is 15.0 Å². The number of phenolic OH excluding ortho intramolecular Hbond substituents is 2. The van der Waals surface area contributed by atoms with Gasteiger partial charge in [0.05, 0.1) is 26.1 Å². The Labute approximate surface area is 160 Å². The van der Waals surface area contributed by atoms with Gasteiger partial charge in [-0.3, -0.25) is 9.89 Å². The average molecular weight is 382 g/mol. The van der Waals surface area contributed by atoms with Gasteiger partial charge in [0.2, 0.25) is 0 Å². The van der Waals surface area contributed by atoms with E-state index in [-0.39, 0.29) is 17.2 Å². The van der Waals surface area contributed by atoms with Crippen LogP contribution in [0.2, 0.25) is 0 Å². The van der Waals surface area contributed by atoms with E-state index < -0.39 is 5.91 Å². The van der Waals surface area contributed by atoms with Crippen LogP contribution in [0, 0.1) is 0 Å². The van der Waals surface area contributed by atoms with Gasteiger partial charge in [-0.05, 0) is 36.4 Å². The van der Waals surface area contributed by atoms with Crippen molar-refractivity contribution >= 4 is 12.1 Å². The van der Waals surface area contributed by atoms with Gasteiger partial charge in [-0.2, -0.15) is 10.2 Å². The number of phenols is 2. The van der Waals surface area contributed by atoms with Crippen molar-refractivity contribution in [1.82, 2.24) is 15.6 Å². The quantitative estimate of drug-likeness (QED) is 0.382. The Bertz CT molecular complexity index is 1030. The van der Waals surface area contributed by atoms with E-state index >= 15 is 0 Å². The number of ether oxygens (including phenoxy) is 2. The lowest BCUT2D eigenvalue weighted by molar-refractivity contribution is 0.0950. The van der Waals surface area contributed by atoms with Crippen LogP contribution in [0.15, 0.2) is 47.6 Å². The molecule has 0 aliphatic carbocycles. The summed E-state index contributed by atoms with van der Waals surface area (Å²) in [5.41, 5.74) is 4.02. The number of nitrogens with zero attached hydrogens (tertiary/aromatic N) is 2. The van der Waals surface area contributed by atoms with Crippen LogP contribution >= 0.6 is 0 Å². The van der Waals surface area contributed by atoms with Gasteiger partial charge in [0, 0.05) is 17.2 Å². The normalized spacial score (nSPS) is 10.8. The molecule has 9 heteroatoms. The number of carbonyl (C=O) groups excluding carboxylic acids is 1. The molecule has 0 unspecified atom stereocenters. The van der Waals surface area contributed by atoms with Crippen LogP contribution in [0.1, 0.15) is 16.1 Å². The first-order chi connectivity index (χ1) is 13.5. The summed E-state index contributed by atoms with van der Waals surface area (Å²) < 4.78 is 10.5. The van der Waals surface area contributed by atoms with E-state index in [0.717, 1.165) is 0 Å². The second kappa shape index (κ2) is 8.12. The fourth-order valence-electron chi connectivity index (χ4n) is 2.45. The second-order valence-corrected chi connectivity index (χ2v) is 5.68. The Kier molecular flexibility index (Phi) is 5.45. The zero-order chi connectivity index (χ0) is 20.1. The number of rotatable bonds is 6. The molecule has 1 amide bonds. The van der Waals surface area contributed by atoms with Crippen LogP contribution in [-0.4, -0.2) is 46.8 Å². The largest absolute Gasteiger partial charge is 0.508 e. The molecular weight excluding hydrogens is 364 g/mol. The molecule has 9 nitrogen and oxygen atoms in total. The van der Waals surface area contributed by atoms with Gasteiger partial charge in [0.1, 0.15) is 28.7 Å². The number of aromatic amines is 1. The molecule has 0 aliphatic heterocycles. The van der Waals surface area contributed by atoms with Gasteiger partial charge in [0.15, 0.2) is 0 Å². The summed E-state index contributed by atoms with van der Waals surface area (Å²) in [7, 11) is 3.10. The maximum absolute atomic E-state index is 12.2. The minimum Gasteiger partial charge on any atom is -0.508 e. The molecule has 0 saturated carbocycles. The van der Waals surface area contributed by atoms with Crippen LogP contribution in [0.5, 0.6) is 23.0 Å². The molecule has 0 aliphatic rings. The highest BCUT2D eigenvalue weighted by atomic mass is 16.5. The minimum absolute atomic E-state index is 0.0726. The monoisotopic (exact) mass is 382 g/mol. The molecular formula is C19H18N4O5. The summed E-state index contributed by atoms with van der Waals surface area (Å²) in [6.07, 6.45) is 1.26. The van der Waals surface area contributed by atoms with Crippen molar-refractivity contribution in [2.75, 3.05) is 14.2 Å². The predicted molar refractivity (Wildman–Crippen MR) is 102 cm³/mol. The topological polar surface area (TPSA) is 129 Å². The Balaban J connectivity index is 1.75. The fourth-order valence-corrected chi connectivity index (χ4v) is 2.45. The van der Waals surface area contributed by atoms with Crippen molar-refractivity contribution in [1.29, 1.82) is 0 Å². The van der Waals surface area contributed by atoms with Gasteiger partial charge in [-0.15, -0.1) is 0 Å². The van der Waals surface area contributed by atoms with E-state index in [0.29, 0.717) is 28.3 Å². The second-order valence-electron chi connectivity index (χ2n) is 5.68. The molecule has 3 rings (SSSR count). The van der Waals surface area contributed by atoms with E-state index in [4.69, 9.17) is 9.47 Å². The van der Waals surface area contributed by atoms with Gasteiger partial charge in [0.25, 0.3) is 5.91 Å². The molecule has 0 atom stereocenters. The van der Waals surface area contributed by atoms with Crippen LogP contribution in [0.3, 0.4) is 0 Å². The Morgan fingerprint density at radius 3 is 2.68 bits per heavy atom. The molecule has 0 spiro atoms. The van der Waals surface area contributed by atoms with Crippen molar-refractivity contribution in [3.05, 3.63) is 53.7 Å². The molecule has 28 heavy (non-hydrogen) atoms. The number of amides is 1. The minimum atomic E-state index is -0.518. The highest BCUT2D eigenvalue weighted by molar-refractivity contribution is 5.94. The standard InChI is InChI=1S/C19H18N4O5/c1-27-13-5-6-18(28-2)14(8-13)15-9-16(22-21-15)19(26)23-20-10-11-3-4-12(24)7-17(11)25/h3-10,24-25H,1-2H3,(H,21,22)(H,23,26). The lowest BCUT2D eigenvalue weighted by Crippen LogP contribution is -2.18. The highest BCUT2D eigenvalue weighted by Crippen LogP contribution is 2.32. The molecule has 0 fully saturated rings. The maximum Gasteiger partial charge on any atom is 0.289 e. The molecule has 0 radical (unpaired) electrons. The van der Waals surface area contributed by atoms with E-state index in [2.05, 4.69) is 20.7 Å². The zero-order valence-corrected chi connectivity index (χ0v) is 15.1. The third kappa shape index (κ3) is 4.04. The van der Waals surface area contributed by atoms with Gasteiger partial charge in [-0.25, -0.2) is 5.43 Å². The third-order valence-corrected chi connectivity index (χ3v) is 3.89. The number of nitrogens with one attached hydrogen (secondary N) is 2. The van der Waals surface area contributed by atoms with E-state index in [1.54, 1.807) is 38.5 Å². The summed E-state index contributed by atoms with van der Waals surface area (Å²) in [4.78, 5) is 12.2. The number of hydrogen-bond donors (Lipinski definition) is 4. The van der Waals surface area contributed by atoms with Crippen LogP contribution < -0.4 is 14.9 Å². The summed E-state index contributed by atoms with van der Waals surface area (Å²) in [6, 6.07) is 10.8. The highest BCUT2D eigenvalue weighted by Gasteiger charge is 2.14. The Hall–Kier alpha value is -4.01. The van der Waals surface area contributed by atoms with Crippen molar-refractivity contribution in [2.45, 2.75) is 0 Å². The smallest absolute Gasteiger partial charge is 0.289 e. The molecule has 1 heterocycles. The number of H-pyrrole nitrogens is 1. The summed E-state index contributed by atoms with van der Waals surface area (Å²) >= 11 is 0. The number of methoxy groups -OCH3 is 2. The molecule has 2 aromatic carbocycles. The molecule has 144 valence electrons. The zero-order valence-electron chi connectivity index (χ0n) is 15.1. The SMILES string of the molecule is COc1ccc(OC)c(-c2cc(C(=O)NN=Cc3ccc(O)cc3O)[nH]n2)c1. The van der Waals surface area contributed by atoms with Crippen LogP contribution in [0.4, 0.5) is 0 Å². The summed E-state index contributed by atoms with van der Waals surface area (Å²) in [5, 5.41) is 29.5. The molecule has 1 aromatic heterocycles. The number of benzene rings is 2. The Morgan fingerprint density at radius 1 is 1.14 bits per heavy atom. The van der Waals surface area contributed by atoms with Crippen LogP contribution in [-0.2, 0) is 0 Å². The fraction of sp³-hybridized carbons (Fsp3) is 0.105. The van der Waals surface area contributed by atoms with E-state index in [1.807, 2.05) is 0 Å². The number of aromatic hydroxyl groups is 2. The number of hydrazone groups is 1. The molecule has 4 N–H and O–H groups in total. The average Bonchev–Trinajstić information content (AvgIpc) is 3.19. The van der Waals surface area contributed by atoms with Crippen molar-refractivity contribution in [2.24, 2.45) is 5.10 Å². The van der Waals surface area contributed by atoms with Gasteiger partial charge in [-0.1, -0.05) is 0 Å². The van der Waals surface area contributed by atoms with Crippen molar-refractivity contribution < 1.29 is 24.5 Å². The third-order valence-electron chi connectivity index (χ3n) is 3.89. The molecule has 0 saturated heterocycles. The van der Waals surface area contributed by atoms with E-state index in [1.165, 1.54) is 24.4 Å². The summed E-state index contributed by atoms with van der Waals surface area (Å²) in [5.74, 6) is 0.460. The van der Waals surface area contributed by atoms with Gasteiger partial charge < -0.3 is 19.7 Å². The first kappa shape index (κ1) is 18.8. The first-order valence-corrected chi connectivity index (χ1v) is 8.15. The maximum atomic E-state index is 12.2. The lowest BCUT2D eigenvalue weighted by Gasteiger charge is -2.08. The number of carbonyl (C=O) groups is 1. The number of aromatic nitrogens is 2.